The van der Waals surface area contributed by atoms with Crippen molar-refractivity contribution in [1.29, 1.82) is 0 Å². The van der Waals surface area contributed by atoms with E-state index in [2.05, 4.69) is 62.5 Å². The molecule has 0 aliphatic rings. The second kappa shape index (κ2) is 42.0. The standard InChI is InChI=1S/C48H87NO5/c1-4-7-10-13-16-19-21-22-23-24-26-28-30-33-36-39-44(54-48(53)41-38-35-32-29-25-20-17-14-11-8-5-2)42-47(52)49-45(43-50)46(51)40-37-34-31-27-18-15-12-9-6-3/h16,19,22-23,26,28,33,36,44-46,50-51H,4-15,17-18,20-21,24-25,27,29-32,34-35,37-43H2,1-3H3,(H,49,52)/b19-16-,23-22-,28-26-,36-33-. The molecule has 0 aliphatic heterocycles. The van der Waals surface area contributed by atoms with Crippen molar-refractivity contribution in [3.63, 3.8) is 0 Å². The molecule has 0 aromatic rings. The Labute approximate surface area is 334 Å². The van der Waals surface area contributed by atoms with Crippen LogP contribution in [0.15, 0.2) is 48.6 Å². The predicted octanol–water partition coefficient (Wildman–Crippen LogP) is 13.1. The van der Waals surface area contributed by atoms with Crippen LogP contribution in [0.1, 0.15) is 220 Å². The van der Waals surface area contributed by atoms with Crippen LogP contribution in [-0.2, 0) is 14.3 Å². The fourth-order valence-electron chi connectivity index (χ4n) is 6.64. The number of carbonyl (C=O) groups is 2. The molecule has 314 valence electrons. The highest BCUT2D eigenvalue weighted by Gasteiger charge is 2.23. The van der Waals surface area contributed by atoms with Gasteiger partial charge in [-0.3, -0.25) is 9.59 Å². The van der Waals surface area contributed by atoms with Crippen molar-refractivity contribution in [2.24, 2.45) is 0 Å². The molecule has 0 bridgehead atoms. The van der Waals surface area contributed by atoms with E-state index in [1.165, 1.54) is 116 Å². The van der Waals surface area contributed by atoms with Crippen molar-refractivity contribution in [3.05, 3.63) is 48.6 Å². The van der Waals surface area contributed by atoms with Crippen molar-refractivity contribution < 1.29 is 24.5 Å². The molecule has 1 amide bonds. The van der Waals surface area contributed by atoms with Gasteiger partial charge in [-0.25, -0.2) is 0 Å². The lowest BCUT2D eigenvalue weighted by Gasteiger charge is -2.24. The minimum absolute atomic E-state index is 0.00325. The summed E-state index contributed by atoms with van der Waals surface area (Å²) in [6, 6.07) is -0.726. The Hall–Kier alpha value is -2.18. The summed E-state index contributed by atoms with van der Waals surface area (Å²) in [6.07, 6.45) is 49.0. The van der Waals surface area contributed by atoms with E-state index in [1.807, 2.05) is 12.2 Å². The highest BCUT2D eigenvalue weighted by atomic mass is 16.5. The average Bonchev–Trinajstić information content (AvgIpc) is 3.16. The third-order valence-corrected chi connectivity index (χ3v) is 10.2. The molecule has 0 aromatic carbocycles. The Morgan fingerprint density at radius 3 is 1.48 bits per heavy atom. The molecular weight excluding hydrogens is 671 g/mol. The van der Waals surface area contributed by atoms with Gasteiger partial charge >= 0.3 is 5.97 Å². The van der Waals surface area contributed by atoms with E-state index < -0.39 is 18.2 Å². The lowest BCUT2D eigenvalue weighted by atomic mass is 10.0. The zero-order chi connectivity index (χ0) is 39.6. The first-order chi connectivity index (χ1) is 26.5. The van der Waals surface area contributed by atoms with E-state index in [-0.39, 0.29) is 24.9 Å². The zero-order valence-electron chi connectivity index (χ0n) is 35.6. The van der Waals surface area contributed by atoms with Crippen molar-refractivity contribution in [2.45, 2.75) is 238 Å². The van der Waals surface area contributed by atoms with E-state index in [4.69, 9.17) is 4.74 Å². The smallest absolute Gasteiger partial charge is 0.306 e. The maximum atomic E-state index is 13.1. The topological polar surface area (TPSA) is 95.9 Å². The lowest BCUT2D eigenvalue weighted by Crippen LogP contribution is -2.46. The minimum atomic E-state index is -0.806. The van der Waals surface area contributed by atoms with Gasteiger partial charge in [-0.05, 0) is 44.9 Å². The summed E-state index contributed by atoms with van der Waals surface area (Å²) in [4.78, 5) is 25.9. The summed E-state index contributed by atoms with van der Waals surface area (Å²) in [5.74, 6) is -0.577. The van der Waals surface area contributed by atoms with Gasteiger partial charge in [0.05, 0.1) is 25.2 Å². The number of unbranched alkanes of at least 4 members (excludes halogenated alkanes) is 21. The first-order valence-electron chi connectivity index (χ1n) is 22.9. The van der Waals surface area contributed by atoms with Gasteiger partial charge in [-0.15, -0.1) is 0 Å². The van der Waals surface area contributed by atoms with Crippen LogP contribution in [0, 0.1) is 0 Å². The summed E-state index contributed by atoms with van der Waals surface area (Å²) < 4.78 is 5.83. The largest absolute Gasteiger partial charge is 0.461 e. The van der Waals surface area contributed by atoms with Crippen molar-refractivity contribution in [1.82, 2.24) is 5.32 Å². The van der Waals surface area contributed by atoms with Gasteiger partial charge in [0, 0.05) is 12.8 Å². The molecule has 3 N–H and O–H groups in total. The summed E-state index contributed by atoms with van der Waals surface area (Å²) >= 11 is 0. The van der Waals surface area contributed by atoms with E-state index in [9.17, 15) is 19.8 Å². The number of ether oxygens (including phenoxy) is 1. The molecule has 6 heteroatoms. The Balaban J connectivity index is 4.76. The molecule has 0 saturated heterocycles. The number of aliphatic hydroxyl groups is 2. The van der Waals surface area contributed by atoms with Gasteiger partial charge < -0.3 is 20.3 Å². The molecule has 3 atom stereocenters. The molecule has 0 heterocycles. The molecule has 54 heavy (non-hydrogen) atoms. The molecule has 0 aromatic heterocycles. The van der Waals surface area contributed by atoms with Gasteiger partial charge in [-0.1, -0.05) is 204 Å². The Bertz CT molecular complexity index is 941. The highest BCUT2D eigenvalue weighted by molar-refractivity contribution is 5.77. The van der Waals surface area contributed by atoms with Crippen LogP contribution in [-0.4, -0.2) is 46.9 Å². The summed E-state index contributed by atoms with van der Waals surface area (Å²) in [5, 5.41) is 23.5. The Morgan fingerprint density at radius 1 is 0.556 bits per heavy atom. The molecule has 0 saturated carbocycles. The quantitative estimate of drug-likeness (QED) is 0.0329. The highest BCUT2D eigenvalue weighted by Crippen LogP contribution is 2.16. The number of hydrogen-bond donors (Lipinski definition) is 3. The molecule has 0 spiro atoms. The summed E-state index contributed by atoms with van der Waals surface area (Å²) in [6.45, 7) is 6.38. The lowest BCUT2D eigenvalue weighted by molar-refractivity contribution is -0.150. The SMILES string of the molecule is CCCCC/C=C\C/C=C\C/C=C\C/C=C\CC(CC(=O)NC(CO)C(O)CCCCCCCCCCC)OC(=O)CCCCCCCCCCCCC. The number of esters is 1. The maximum absolute atomic E-state index is 13.1. The summed E-state index contributed by atoms with van der Waals surface area (Å²) in [7, 11) is 0. The minimum Gasteiger partial charge on any atom is -0.461 e. The van der Waals surface area contributed by atoms with Gasteiger partial charge in [0.15, 0.2) is 0 Å². The first kappa shape index (κ1) is 51.8. The van der Waals surface area contributed by atoms with Crippen LogP contribution < -0.4 is 5.32 Å². The molecule has 0 radical (unpaired) electrons. The molecular formula is C48H87NO5. The first-order valence-corrected chi connectivity index (χ1v) is 22.9. The van der Waals surface area contributed by atoms with Crippen LogP contribution in [0.25, 0.3) is 0 Å². The number of hydrogen-bond acceptors (Lipinski definition) is 5. The Kier molecular flexibility index (Phi) is 40.3. The third kappa shape index (κ3) is 36.8. The van der Waals surface area contributed by atoms with E-state index >= 15 is 0 Å². The third-order valence-electron chi connectivity index (χ3n) is 10.2. The molecule has 0 aliphatic carbocycles. The van der Waals surface area contributed by atoms with Gasteiger partial charge in [0.2, 0.25) is 5.91 Å². The van der Waals surface area contributed by atoms with Crippen LogP contribution in [0.3, 0.4) is 0 Å². The normalized spacial score (nSPS) is 13.8. The second-order valence-corrected chi connectivity index (χ2v) is 15.5. The van der Waals surface area contributed by atoms with E-state index in [0.717, 1.165) is 57.8 Å². The number of carbonyl (C=O) groups excluding carboxylic acids is 2. The summed E-state index contributed by atoms with van der Waals surface area (Å²) in [5.41, 5.74) is 0. The molecule has 0 rings (SSSR count). The predicted molar refractivity (Wildman–Crippen MR) is 232 cm³/mol. The van der Waals surface area contributed by atoms with Gasteiger partial charge in [-0.2, -0.15) is 0 Å². The molecule has 3 unspecified atom stereocenters. The zero-order valence-corrected chi connectivity index (χ0v) is 35.6. The van der Waals surface area contributed by atoms with E-state index in [1.54, 1.807) is 0 Å². The number of allylic oxidation sites excluding steroid dienone is 7. The van der Waals surface area contributed by atoms with Crippen LogP contribution in [0.5, 0.6) is 0 Å². The monoisotopic (exact) mass is 758 g/mol. The van der Waals surface area contributed by atoms with Crippen LogP contribution >= 0.6 is 0 Å². The molecule has 6 nitrogen and oxygen atoms in total. The molecule has 0 fully saturated rings. The number of rotatable bonds is 40. The number of amides is 1. The van der Waals surface area contributed by atoms with Crippen LogP contribution in [0.2, 0.25) is 0 Å². The van der Waals surface area contributed by atoms with Crippen molar-refractivity contribution >= 4 is 11.9 Å². The number of aliphatic hydroxyl groups excluding tert-OH is 2. The fourth-order valence-corrected chi connectivity index (χ4v) is 6.64. The van der Waals surface area contributed by atoms with Gasteiger partial charge in [0.1, 0.15) is 6.10 Å². The Morgan fingerprint density at radius 2 is 0.981 bits per heavy atom. The van der Waals surface area contributed by atoms with E-state index in [0.29, 0.717) is 19.3 Å². The second-order valence-electron chi connectivity index (χ2n) is 15.5. The van der Waals surface area contributed by atoms with Crippen molar-refractivity contribution in [2.75, 3.05) is 6.61 Å². The van der Waals surface area contributed by atoms with Crippen molar-refractivity contribution in [3.8, 4) is 0 Å². The average molecular weight is 758 g/mol. The maximum Gasteiger partial charge on any atom is 0.306 e. The fraction of sp³-hybridized carbons (Fsp3) is 0.792. The van der Waals surface area contributed by atoms with Crippen LogP contribution in [0.4, 0.5) is 0 Å². The number of nitrogens with one attached hydrogen (secondary N) is 1. The van der Waals surface area contributed by atoms with Gasteiger partial charge in [0.25, 0.3) is 0 Å².